The number of nitrogens with one attached hydrogen (secondary N) is 1. The summed E-state index contributed by atoms with van der Waals surface area (Å²) in [6, 6.07) is 21.1. The molecule has 0 aromatic heterocycles. The van der Waals surface area contributed by atoms with Crippen LogP contribution in [0.1, 0.15) is 58.3 Å². The molecule has 0 spiro atoms. The summed E-state index contributed by atoms with van der Waals surface area (Å²) in [6.45, 7) is 2.31. The second kappa shape index (κ2) is 10.6. The van der Waals surface area contributed by atoms with Gasteiger partial charge in [-0.05, 0) is 48.9 Å². The lowest BCUT2D eigenvalue weighted by Gasteiger charge is -2.21. The maximum Gasteiger partial charge on any atom is 0.333 e. The van der Waals surface area contributed by atoms with Crippen LogP contribution in [0.15, 0.2) is 78.9 Å². The molecule has 4 rings (SSSR count). The van der Waals surface area contributed by atoms with Gasteiger partial charge in [0.1, 0.15) is 0 Å². The van der Waals surface area contributed by atoms with E-state index >= 15 is 0 Å². The molecular weight excluding hydrogens is 430 g/mol. The lowest BCUT2D eigenvalue weighted by atomic mass is 10.0. The van der Waals surface area contributed by atoms with Gasteiger partial charge in [-0.2, -0.15) is 0 Å². The van der Waals surface area contributed by atoms with Crippen LogP contribution in [0.2, 0.25) is 0 Å². The lowest BCUT2D eigenvalue weighted by Crippen LogP contribution is -2.40. The van der Waals surface area contributed by atoms with Crippen LogP contribution in [0.25, 0.3) is 0 Å². The van der Waals surface area contributed by atoms with Gasteiger partial charge < -0.3 is 5.32 Å². The van der Waals surface area contributed by atoms with Gasteiger partial charge >= 0.3 is 6.03 Å². The van der Waals surface area contributed by atoms with E-state index in [4.69, 9.17) is 0 Å². The highest BCUT2D eigenvalue weighted by molar-refractivity contribution is 6.26. The number of carbonyl (C=O) groups is 4. The fraction of sp³-hybridized carbons (Fsp3) is 0.185. The average Bonchev–Trinajstić information content (AvgIpc) is 3.08. The molecule has 0 aliphatic carbocycles. The first kappa shape index (κ1) is 24.4. The Labute approximate surface area is 199 Å². The van der Waals surface area contributed by atoms with Crippen LogP contribution in [0.5, 0.6) is 0 Å². The molecule has 34 heavy (non-hydrogen) atoms. The number of nitrogens with zero attached hydrogens (tertiary/aromatic N) is 2. The number of urea groups is 1. The Bertz CT molecular complexity index is 1210. The first-order chi connectivity index (χ1) is 16.0. The largest absolute Gasteiger partial charge is 0.333 e. The van der Waals surface area contributed by atoms with Crippen LogP contribution in [-0.4, -0.2) is 35.2 Å². The zero-order valence-corrected chi connectivity index (χ0v) is 18.2. The van der Waals surface area contributed by atoms with Gasteiger partial charge in [0, 0.05) is 17.8 Å². The van der Waals surface area contributed by atoms with Gasteiger partial charge in [-0.1, -0.05) is 57.2 Å². The van der Waals surface area contributed by atoms with E-state index in [9.17, 15) is 19.2 Å². The van der Waals surface area contributed by atoms with E-state index in [1.165, 1.54) is 23.1 Å². The Morgan fingerprint density at radius 3 is 2.12 bits per heavy atom. The molecular formula is C27H27N3O4. The Morgan fingerprint density at radius 1 is 0.853 bits per heavy atom. The zero-order chi connectivity index (χ0) is 23.4. The van der Waals surface area contributed by atoms with Crippen LogP contribution in [0.3, 0.4) is 0 Å². The van der Waals surface area contributed by atoms with E-state index in [1.807, 2.05) is 13.0 Å². The van der Waals surface area contributed by atoms with E-state index in [0.717, 1.165) is 11.3 Å². The minimum Gasteiger partial charge on any atom is -0.307 e. The highest BCUT2D eigenvalue weighted by Crippen LogP contribution is 2.26. The summed E-state index contributed by atoms with van der Waals surface area (Å²) in [7, 11) is 0. The predicted molar refractivity (Wildman–Crippen MR) is 132 cm³/mol. The molecule has 0 saturated carbocycles. The second-order valence-electron chi connectivity index (χ2n) is 7.65. The SMILES string of the molecule is C.CCCCN1C(=O)c2ccc(C(=O)N(C(=O)Nc3ccccc3)c3ccccc3)cc2C1=O. The number of para-hydroxylation sites is 2. The van der Waals surface area contributed by atoms with Crippen molar-refractivity contribution in [1.29, 1.82) is 0 Å². The van der Waals surface area contributed by atoms with E-state index < -0.39 is 17.8 Å². The van der Waals surface area contributed by atoms with Gasteiger partial charge in [0.05, 0.1) is 16.8 Å². The van der Waals surface area contributed by atoms with Crippen LogP contribution >= 0.6 is 0 Å². The first-order valence-corrected chi connectivity index (χ1v) is 10.8. The number of unbranched alkanes of at least 4 members (excludes halogenated alkanes) is 1. The van der Waals surface area contributed by atoms with Crippen molar-refractivity contribution in [2.45, 2.75) is 27.2 Å². The molecule has 7 nitrogen and oxygen atoms in total. The van der Waals surface area contributed by atoms with Crippen molar-refractivity contribution in [1.82, 2.24) is 4.90 Å². The molecule has 1 N–H and O–H groups in total. The van der Waals surface area contributed by atoms with Crippen molar-refractivity contribution in [3.05, 3.63) is 95.6 Å². The maximum atomic E-state index is 13.5. The van der Waals surface area contributed by atoms with Crippen LogP contribution in [-0.2, 0) is 0 Å². The molecule has 0 unspecified atom stereocenters. The number of amides is 5. The molecule has 5 amide bonds. The molecule has 0 atom stereocenters. The van der Waals surface area contributed by atoms with Gasteiger partial charge in [0.2, 0.25) is 0 Å². The normalized spacial score (nSPS) is 12.1. The van der Waals surface area contributed by atoms with Gasteiger partial charge in [0.15, 0.2) is 0 Å². The highest BCUT2D eigenvalue weighted by atomic mass is 16.2. The van der Waals surface area contributed by atoms with Crippen LogP contribution < -0.4 is 10.2 Å². The third-order valence-electron chi connectivity index (χ3n) is 5.40. The number of hydrogen-bond acceptors (Lipinski definition) is 4. The fourth-order valence-electron chi connectivity index (χ4n) is 3.68. The van der Waals surface area contributed by atoms with Crippen molar-refractivity contribution in [3.63, 3.8) is 0 Å². The molecule has 1 heterocycles. The minimum atomic E-state index is -0.634. The minimum absolute atomic E-state index is 0. The number of hydrogen-bond donors (Lipinski definition) is 1. The summed E-state index contributed by atoms with van der Waals surface area (Å²) >= 11 is 0. The Kier molecular flexibility index (Phi) is 7.58. The second-order valence-corrected chi connectivity index (χ2v) is 7.65. The molecule has 0 saturated heterocycles. The lowest BCUT2D eigenvalue weighted by molar-refractivity contribution is 0.0652. The quantitative estimate of drug-likeness (QED) is 0.488. The molecule has 0 radical (unpaired) electrons. The topological polar surface area (TPSA) is 86.8 Å². The molecule has 7 heteroatoms. The van der Waals surface area contributed by atoms with Crippen molar-refractivity contribution in [2.75, 3.05) is 16.8 Å². The van der Waals surface area contributed by atoms with Crippen molar-refractivity contribution >= 4 is 35.1 Å². The summed E-state index contributed by atoms with van der Waals surface area (Å²) in [4.78, 5) is 54.2. The van der Waals surface area contributed by atoms with Gasteiger partial charge in [-0.3, -0.25) is 19.3 Å². The standard InChI is InChI=1S/C26H23N3O4.CH4/c1-2-3-16-28-24(31)21-15-14-18(17-22(21)25(28)32)23(30)29(20-12-8-5-9-13-20)26(33)27-19-10-6-4-7-11-19;/h4-15,17H,2-3,16H2,1H3,(H,27,33);1H4. The number of benzene rings is 3. The number of carbonyl (C=O) groups excluding carboxylic acids is 4. The predicted octanol–water partition coefficient (Wildman–Crippen LogP) is 5.60. The molecule has 1 aliphatic heterocycles. The summed E-state index contributed by atoms with van der Waals surface area (Å²) in [5.74, 6) is -1.38. The highest BCUT2D eigenvalue weighted by Gasteiger charge is 2.36. The monoisotopic (exact) mass is 457 g/mol. The van der Waals surface area contributed by atoms with Crippen molar-refractivity contribution < 1.29 is 19.2 Å². The zero-order valence-electron chi connectivity index (χ0n) is 18.2. The van der Waals surface area contributed by atoms with Crippen molar-refractivity contribution in [2.24, 2.45) is 0 Å². The molecule has 0 fully saturated rings. The number of anilines is 2. The third kappa shape index (κ3) is 4.73. The number of rotatable bonds is 6. The molecule has 3 aromatic rings. The Hall–Kier alpha value is -4.26. The van der Waals surface area contributed by atoms with E-state index in [-0.39, 0.29) is 30.0 Å². The molecule has 174 valence electrons. The van der Waals surface area contributed by atoms with Gasteiger partial charge in [-0.15, -0.1) is 0 Å². The van der Waals surface area contributed by atoms with Crippen molar-refractivity contribution in [3.8, 4) is 0 Å². The van der Waals surface area contributed by atoms with Gasteiger partial charge in [0.25, 0.3) is 17.7 Å². The summed E-state index contributed by atoms with van der Waals surface area (Å²) in [6.07, 6.45) is 1.55. The summed E-state index contributed by atoms with van der Waals surface area (Å²) in [5.41, 5.74) is 1.51. The van der Waals surface area contributed by atoms with E-state index in [1.54, 1.807) is 54.6 Å². The maximum absolute atomic E-state index is 13.5. The Balaban J connectivity index is 0.00000324. The van der Waals surface area contributed by atoms with E-state index in [2.05, 4.69) is 5.32 Å². The van der Waals surface area contributed by atoms with Crippen LogP contribution in [0.4, 0.5) is 16.2 Å². The number of fused-ring (bicyclic) bond motifs is 1. The summed E-state index contributed by atoms with van der Waals surface area (Å²) in [5, 5.41) is 2.73. The third-order valence-corrected chi connectivity index (χ3v) is 5.40. The van der Waals surface area contributed by atoms with Gasteiger partial charge in [-0.25, -0.2) is 9.69 Å². The molecule has 0 bridgehead atoms. The Morgan fingerprint density at radius 2 is 1.47 bits per heavy atom. The molecule has 3 aromatic carbocycles. The van der Waals surface area contributed by atoms with Crippen LogP contribution in [0, 0.1) is 0 Å². The smallest absolute Gasteiger partial charge is 0.307 e. The molecule has 1 aliphatic rings. The summed E-state index contributed by atoms with van der Waals surface area (Å²) < 4.78 is 0. The number of imide groups is 2. The van der Waals surface area contributed by atoms with E-state index in [0.29, 0.717) is 24.3 Å². The fourth-order valence-corrected chi connectivity index (χ4v) is 3.68. The average molecular weight is 458 g/mol. The first-order valence-electron chi connectivity index (χ1n) is 10.8.